The van der Waals surface area contributed by atoms with Gasteiger partial charge in [-0.2, -0.15) is 0 Å². The van der Waals surface area contributed by atoms with E-state index in [0.29, 0.717) is 33.6 Å². The Morgan fingerprint density at radius 2 is 1.45 bits per heavy atom. The maximum absolute atomic E-state index is 14.0. The van der Waals surface area contributed by atoms with Crippen LogP contribution in [0.15, 0.2) is 84.9 Å². The first-order valence-corrected chi connectivity index (χ1v) is 14.2. The topological polar surface area (TPSA) is 97.6 Å². The predicted molar refractivity (Wildman–Crippen MR) is 165 cm³/mol. The Morgan fingerprint density at radius 3 is 2.05 bits per heavy atom. The summed E-state index contributed by atoms with van der Waals surface area (Å²) in [7, 11) is 1.20. The van der Waals surface area contributed by atoms with Gasteiger partial charge in [-0.1, -0.05) is 54.6 Å². The fraction of sp³-hybridized carbons (Fsp3) is 0.229. The minimum absolute atomic E-state index is 0.143. The number of aromatic nitrogens is 1. The monoisotopic (exact) mass is 600 g/mol. The Labute approximate surface area is 254 Å². The van der Waals surface area contributed by atoms with Crippen molar-refractivity contribution < 1.29 is 33.0 Å². The third-order valence-electron chi connectivity index (χ3n) is 7.03. The Hall–Kier alpha value is -4.89. The summed E-state index contributed by atoms with van der Waals surface area (Å²) in [5.41, 5.74) is 4.09. The number of aliphatic hydroxyl groups excluding tert-OH is 1. The van der Waals surface area contributed by atoms with E-state index >= 15 is 0 Å². The molecule has 0 unspecified atom stereocenters. The maximum Gasteiger partial charge on any atom is 0.308 e. The lowest BCUT2D eigenvalue weighted by atomic mass is 9.94. The van der Waals surface area contributed by atoms with Crippen LogP contribution in [0.2, 0.25) is 0 Å². The van der Waals surface area contributed by atoms with Crippen LogP contribution in [0.25, 0.3) is 28.3 Å². The molecule has 0 aliphatic carbocycles. The molecular weight excluding hydrogens is 566 g/mol. The highest BCUT2D eigenvalue weighted by Crippen LogP contribution is 2.42. The second-order valence-electron chi connectivity index (χ2n) is 10.6. The van der Waals surface area contributed by atoms with Crippen molar-refractivity contribution in [1.29, 1.82) is 0 Å². The average molecular weight is 601 g/mol. The highest BCUT2D eigenvalue weighted by Gasteiger charge is 2.29. The van der Waals surface area contributed by atoms with E-state index in [1.807, 2.05) is 48.7 Å². The number of nitrogens with one attached hydrogen (secondary N) is 1. The van der Waals surface area contributed by atoms with Gasteiger partial charge in [-0.15, -0.1) is 0 Å². The first-order chi connectivity index (χ1) is 21.1. The molecule has 0 fully saturated rings. The number of carbonyl (C=O) groups is 3. The summed E-state index contributed by atoms with van der Waals surface area (Å²) in [5, 5.41) is 13.1. The second-order valence-corrected chi connectivity index (χ2v) is 10.6. The summed E-state index contributed by atoms with van der Waals surface area (Å²) in [6.45, 7) is 3.95. The zero-order chi connectivity index (χ0) is 31.8. The minimum Gasteiger partial charge on any atom is -0.469 e. The van der Waals surface area contributed by atoms with Gasteiger partial charge in [0.25, 0.3) is 5.91 Å². The molecule has 4 aromatic rings. The average Bonchev–Trinajstić information content (AvgIpc) is 3.35. The molecule has 0 aliphatic rings. The number of ketones is 1. The number of esters is 1. The van der Waals surface area contributed by atoms with Crippen LogP contribution >= 0.6 is 0 Å². The van der Waals surface area contributed by atoms with Gasteiger partial charge < -0.3 is 19.7 Å². The summed E-state index contributed by atoms with van der Waals surface area (Å²) in [4.78, 5) is 38.5. The van der Waals surface area contributed by atoms with Gasteiger partial charge in [0.15, 0.2) is 5.78 Å². The van der Waals surface area contributed by atoms with Gasteiger partial charge in [0.05, 0.1) is 25.3 Å². The fourth-order valence-electron chi connectivity index (χ4n) is 5.01. The minimum atomic E-state index is -1.22. The zero-order valence-corrected chi connectivity index (χ0v) is 24.7. The molecule has 0 radical (unpaired) electrons. The largest absolute Gasteiger partial charge is 0.469 e. The number of methoxy groups -OCH3 is 1. The Morgan fingerprint density at radius 1 is 0.864 bits per heavy atom. The number of nitrogens with zero attached hydrogens (tertiary/aromatic N) is 1. The van der Waals surface area contributed by atoms with Gasteiger partial charge in [0.1, 0.15) is 17.3 Å². The first-order valence-electron chi connectivity index (χ1n) is 14.2. The molecule has 7 nitrogen and oxygen atoms in total. The van der Waals surface area contributed by atoms with Crippen LogP contribution in [0, 0.1) is 11.6 Å². The van der Waals surface area contributed by atoms with Gasteiger partial charge >= 0.3 is 5.97 Å². The van der Waals surface area contributed by atoms with Crippen LogP contribution < -0.4 is 5.32 Å². The number of amides is 1. The summed E-state index contributed by atoms with van der Waals surface area (Å²) in [5.74, 6) is -2.28. The molecule has 4 rings (SSSR count). The highest BCUT2D eigenvalue weighted by atomic mass is 19.1. The zero-order valence-electron chi connectivity index (χ0n) is 24.7. The number of benzene rings is 3. The predicted octanol–water partition coefficient (Wildman–Crippen LogP) is 6.51. The van der Waals surface area contributed by atoms with Gasteiger partial charge in [0, 0.05) is 30.1 Å². The van der Waals surface area contributed by atoms with Crippen molar-refractivity contribution in [3.8, 4) is 22.3 Å². The van der Waals surface area contributed by atoms with Crippen molar-refractivity contribution in [3.63, 3.8) is 0 Å². The van der Waals surface area contributed by atoms with Gasteiger partial charge in [0.2, 0.25) is 0 Å². The third-order valence-corrected chi connectivity index (χ3v) is 7.03. The van der Waals surface area contributed by atoms with Crippen LogP contribution in [0.1, 0.15) is 54.5 Å². The van der Waals surface area contributed by atoms with Crippen LogP contribution in [0.3, 0.4) is 0 Å². The van der Waals surface area contributed by atoms with Crippen LogP contribution in [0.4, 0.5) is 8.78 Å². The van der Waals surface area contributed by atoms with Crippen molar-refractivity contribution in [2.75, 3.05) is 7.11 Å². The van der Waals surface area contributed by atoms with E-state index in [2.05, 4.69) is 10.1 Å². The number of hydrogen-bond acceptors (Lipinski definition) is 5. The molecule has 2 N–H and O–H groups in total. The molecule has 0 spiro atoms. The number of ether oxygens (including phenoxy) is 1. The SMILES string of the molecule is COC(=O)C[C@H](O)CC(=O)C=Cc1c(-c2ccc(F)cc2)c(-c2ccccc2)c(C(=O)NCc2ccc(F)cc2)n1C(C)C. The fourth-order valence-corrected chi connectivity index (χ4v) is 5.01. The number of hydrogen-bond donors (Lipinski definition) is 2. The number of carbonyl (C=O) groups excluding carboxylic acids is 3. The number of halogens is 2. The molecule has 44 heavy (non-hydrogen) atoms. The third kappa shape index (κ3) is 7.73. The lowest BCUT2D eigenvalue weighted by Gasteiger charge is -2.17. The van der Waals surface area contributed by atoms with E-state index in [1.54, 1.807) is 30.3 Å². The van der Waals surface area contributed by atoms with E-state index in [1.165, 1.54) is 37.5 Å². The van der Waals surface area contributed by atoms with E-state index in [4.69, 9.17) is 0 Å². The summed E-state index contributed by atoms with van der Waals surface area (Å²) in [6, 6.07) is 20.7. The molecule has 0 bridgehead atoms. The molecule has 0 saturated heterocycles. The first kappa shape index (κ1) is 32.0. The molecule has 228 valence electrons. The number of rotatable bonds is 12. The van der Waals surface area contributed by atoms with Crippen molar-refractivity contribution in [1.82, 2.24) is 9.88 Å². The quantitative estimate of drug-likeness (QED) is 0.143. The Bertz CT molecular complexity index is 1640. The molecule has 0 aliphatic heterocycles. The summed E-state index contributed by atoms with van der Waals surface area (Å²) >= 11 is 0. The Balaban J connectivity index is 1.88. The Kier molecular flexibility index (Phi) is 10.6. The maximum atomic E-state index is 14.0. The van der Waals surface area contributed by atoms with E-state index in [9.17, 15) is 28.3 Å². The van der Waals surface area contributed by atoms with Gasteiger partial charge in [-0.05, 0) is 67.0 Å². The molecule has 1 atom stereocenters. The van der Waals surface area contributed by atoms with E-state index < -0.39 is 29.6 Å². The van der Waals surface area contributed by atoms with E-state index in [-0.39, 0.29) is 31.2 Å². The van der Waals surface area contributed by atoms with Crippen LogP contribution in [0.5, 0.6) is 0 Å². The normalized spacial score (nSPS) is 12.0. The van der Waals surface area contributed by atoms with E-state index in [0.717, 1.165) is 5.56 Å². The van der Waals surface area contributed by atoms with Gasteiger partial charge in [-0.3, -0.25) is 14.4 Å². The second kappa shape index (κ2) is 14.5. The van der Waals surface area contributed by atoms with Crippen LogP contribution in [-0.2, 0) is 20.9 Å². The standard InChI is InChI=1S/C35H34F2N2O5/c1-22(2)39-30(18-17-28(40)19-29(41)20-31(42)44-3)32(25-11-15-27(37)16-12-25)33(24-7-5-4-6-8-24)34(39)35(43)38-21-23-9-13-26(36)14-10-23/h4-18,22,29,41H,19-21H2,1-3H3,(H,38,43)/t29-/m1/s1. The molecule has 3 aromatic carbocycles. The molecule has 1 heterocycles. The van der Waals surface area contributed by atoms with Crippen molar-refractivity contribution in [2.45, 2.75) is 45.4 Å². The summed E-state index contributed by atoms with van der Waals surface area (Å²) < 4.78 is 33.9. The number of allylic oxidation sites excluding steroid dienone is 1. The lowest BCUT2D eigenvalue weighted by molar-refractivity contribution is -0.143. The van der Waals surface area contributed by atoms with Crippen molar-refractivity contribution in [3.05, 3.63) is 114 Å². The smallest absolute Gasteiger partial charge is 0.308 e. The van der Waals surface area contributed by atoms with Crippen molar-refractivity contribution >= 4 is 23.7 Å². The molecule has 1 aromatic heterocycles. The van der Waals surface area contributed by atoms with Crippen molar-refractivity contribution in [2.24, 2.45) is 0 Å². The molecule has 1 amide bonds. The van der Waals surface area contributed by atoms with Crippen LogP contribution in [-0.4, -0.2) is 40.5 Å². The van der Waals surface area contributed by atoms with Gasteiger partial charge in [-0.25, -0.2) is 8.78 Å². The highest BCUT2D eigenvalue weighted by molar-refractivity contribution is 6.07. The molecular formula is C35H34F2N2O5. The molecule has 0 saturated carbocycles. The number of aliphatic hydroxyl groups is 1. The summed E-state index contributed by atoms with van der Waals surface area (Å²) in [6.07, 6.45) is 1.03. The molecule has 9 heteroatoms. The lowest BCUT2D eigenvalue weighted by Crippen LogP contribution is -2.27.